The lowest BCUT2D eigenvalue weighted by atomic mass is 9.93. The van der Waals surface area contributed by atoms with E-state index in [1.54, 1.807) is 0 Å². The van der Waals surface area contributed by atoms with Gasteiger partial charge < -0.3 is 60.0 Å². The van der Waals surface area contributed by atoms with Crippen LogP contribution in [0.3, 0.4) is 0 Å². The molecule has 0 aromatic carbocycles. The summed E-state index contributed by atoms with van der Waals surface area (Å²) in [6.07, 6.45) is 8.66. The number of likely N-dealkylation sites (tertiary alicyclic amines) is 4. The Morgan fingerprint density at radius 2 is 0.863 bits per heavy atom. The van der Waals surface area contributed by atoms with Gasteiger partial charge in [0.25, 0.3) is 0 Å². The van der Waals surface area contributed by atoms with Crippen LogP contribution in [-0.2, 0) is 4.79 Å². The van der Waals surface area contributed by atoms with Gasteiger partial charge in [-0.3, -0.25) is 24.4 Å². The summed E-state index contributed by atoms with van der Waals surface area (Å²) in [6, 6.07) is 5.22. The maximum absolute atomic E-state index is 11.4. The number of nitrogens with zero attached hydrogens (tertiary/aromatic N) is 11. The molecular weight excluding hydrogens is 1000 g/mol. The molecule has 1 amide bonds. The number of carbonyl (C=O) groups is 1. The highest BCUT2D eigenvalue weighted by atomic mass is 16.3. The minimum absolute atomic E-state index is 0.0324. The van der Waals surface area contributed by atoms with Gasteiger partial charge in [0.2, 0.25) is 5.91 Å². The Kier molecular flexibility index (Phi) is 41.0. The topological polar surface area (TPSA) is 146 Å². The van der Waals surface area contributed by atoms with Gasteiger partial charge in [0, 0.05) is 172 Å². The van der Waals surface area contributed by atoms with Gasteiger partial charge in [-0.1, -0.05) is 13.8 Å². The first kappa shape index (κ1) is 76.9. The van der Waals surface area contributed by atoms with Crippen LogP contribution in [-0.4, -0.2) is 326 Å². The van der Waals surface area contributed by atoms with Gasteiger partial charge in [0.15, 0.2) is 0 Å². The summed E-state index contributed by atoms with van der Waals surface area (Å²) in [5, 5.41) is 39.1. The van der Waals surface area contributed by atoms with Gasteiger partial charge >= 0.3 is 0 Å². The fourth-order valence-electron chi connectivity index (χ4n) is 10.8. The largest absolute Gasteiger partial charge is 0.395 e. The van der Waals surface area contributed by atoms with Crippen molar-refractivity contribution in [2.75, 3.05) is 185 Å². The monoisotopic (exact) mass is 1140 g/mol. The van der Waals surface area contributed by atoms with E-state index in [1.807, 2.05) is 27.8 Å². The van der Waals surface area contributed by atoms with Crippen LogP contribution in [0, 0.1) is 5.92 Å². The van der Waals surface area contributed by atoms with Crippen LogP contribution in [0.4, 0.5) is 0 Å². The van der Waals surface area contributed by atoms with Crippen molar-refractivity contribution in [1.29, 1.82) is 0 Å². The molecule has 7 fully saturated rings. The van der Waals surface area contributed by atoms with Crippen molar-refractivity contribution in [1.82, 2.24) is 59.2 Å². The number of nitrogens with one attached hydrogen (secondary N) is 1. The van der Waals surface area contributed by atoms with Gasteiger partial charge in [-0.05, 0) is 196 Å². The minimum atomic E-state index is -0.397. The Labute approximate surface area is 495 Å². The number of hydrogen-bond acceptors (Lipinski definition) is 16. The first-order valence-electron chi connectivity index (χ1n) is 32.4. The third kappa shape index (κ3) is 34.7. The number of aliphatic hydroxyl groups excluding tert-OH is 3. The van der Waals surface area contributed by atoms with E-state index in [1.165, 1.54) is 78.3 Å². The molecule has 7 rings (SSSR count). The van der Waals surface area contributed by atoms with Crippen LogP contribution in [0.5, 0.6) is 0 Å². The minimum Gasteiger partial charge on any atom is -0.395 e. The number of carbonyl (C=O) groups excluding carboxylic acids is 1. The van der Waals surface area contributed by atoms with Gasteiger partial charge in [0.1, 0.15) is 0 Å². The normalized spacial score (nSPS) is 22.9. The fraction of sp³-hybridized carbons (Fsp3) is 0.984. The summed E-state index contributed by atoms with van der Waals surface area (Å²) in [7, 11) is 8.55. The Bertz CT molecular complexity index is 1430. The molecule has 0 bridgehead atoms. The molecule has 7 saturated heterocycles. The molecule has 0 aliphatic carbocycles. The molecule has 17 nitrogen and oxygen atoms in total. The number of likely N-dealkylation sites (N-methyl/N-ethyl adjacent to an activating group) is 3. The molecule has 7 aliphatic heterocycles. The van der Waals surface area contributed by atoms with Gasteiger partial charge in [-0.25, -0.2) is 0 Å². The highest BCUT2D eigenvalue weighted by molar-refractivity contribution is 5.78. The van der Waals surface area contributed by atoms with E-state index in [0.717, 1.165) is 135 Å². The molecule has 7 heterocycles. The molecular formula is C63H136N12O5. The van der Waals surface area contributed by atoms with Crippen molar-refractivity contribution >= 4 is 5.91 Å². The molecule has 80 heavy (non-hydrogen) atoms. The first-order valence-corrected chi connectivity index (χ1v) is 32.4. The van der Waals surface area contributed by atoms with Crippen LogP contribution < -0.4 is 5.32 Å². The predicted octanol–water partition coefficient (Wildman–Crippen LogP) is 5.02. The van der Waals surface area contributed by atoms with Crippen molar-refractivity contribution < 1.29 is 25.2 Å². The molecule has 0 unspecified atom stereocenters. The van der Waals surface area contributed by atoms with E-state index >= 15 is 0 Å². The van der Waals surface area contributed by atoms with E-state index in [0.29, 0.717) is 36.8 Å². The summed E-state index contributed by atoms with van der Waals surface area (Å²) in [4.78, 5) is 38.1. The molecule has 0 aromatic rings. The molecule has 0 radical (unpaired) electrons. The van der Waals surface area contributed by atoms with Crippen molar-refractivity contribution in [3.8, 4) is 0 Å². The molecule has 17 heteroatoms. The Morgan fingerprint density at radius 1 is 0.500 bits per heavy atom. The van der Waals surface area contributed by atoms with E-state index in [9.17, 15) is 15.0 Å². The Hall–Kier alpha value is -1.13. The van der Waals surface area contributed by atoms with Crippen LogP contribution in [0.25, 0.3) is 0 Å². The quantitative estimate of drug-likeness (QED) is 0.168. The lowest BCUT2D eigenvalue weighted by Crippen LogP contribution is -2.53. The van der Waals surface area contributed by atoms with Crippen LogP contribution in [0.1, 0.15) is 155 Å². The molecule has 0 atom stereocenters. The Balaban J connectivity index is 0.000000471. The second-order valence-electron chi connectivity index (χ2n) is 26.9. The molecule has 478 valence electrons. The van der Waals surface area contributed by atoms with E-state index in [2.05, 4.69) is 163 Å². The molecule has 0 spiro atoms. The molecule has 0 saturated carbocycles. The SMILES string of the molecule is CC(C)C(=O)NC1CCN(C)CC1.CC(C)N(C)CCO.CC(C)N1CCC(C)(O)CC1.CC(C)N1CCC(N2CCN(C)CC2)CC1.CC(C)N1CCC(O)CC1.CC(C)N1CCN(C)CC1.CC(C)N1CCN(CCO)CC1. The number of rotatable bonds is 13. The molecule has 7 aliphatic rings. The van der Waals surface area contributed by atoms with Gasteiger partial charge in [-0.15, -0.1) is 0 Å². The number of hydrogen-bond donors (Lipinski definition) is 5. The Morgan fingerprint density at radius 3 is 1.23 bits per heavy atom. The summed E-state index contributed by atoms with van der Waals surface area (Å²) >= 11 is 0. The van der Waals surface area contributed by atoms with Crippen LogP contribution >= 0.6 is 0 Å². The summed E-state index contributed by atoms with van der Waals surface area (Å²) in [5.74, 6) is 0.300. The summed E-state index contributed by atoms with van der Waals surface area (Å²) in [6.45, 7) is 58.2. The highest BCUT2D eigenvalue weighted by Gasteiger charge is 2.29. The maximum atomic E-state index is 11.4. The average Bonchev–Trinajstić information content (AvgIpc) is 3.41. The summed E-state index contributed by atoms with van der Waals surface area (Å²) in [5.41, 5.74) is -0.397. The van der Waals surface area contributed by atoms with Gasteiger partial charge in [0.05, 0.1) is 24.9 Å². The molecule has 0 aromatic heterocycles. The lowest BCUT2D eigenvalue weighted by Gasteiger charge is -2.43. The lowest BCUT2D eigenvalue weighted by molar-refractivity contribution is -0.125. The first-order chi connectivity index (χ1) is 37.6. The van der Waals surface area contributed by atoms with E-state index < -0.39 is 5.60 Å². The van der Waals surface area contributed by atoms with Crippen LogP contribution in [0.2, 0.25) is 0 Å². The van der Waals surface area contributed by atoms with E-state index in [-0.39, 0.29) is 24.5 Å². The van der Waals surface area contributed by atoms with Crippen molar-refractivity contribution in [3.63, 3.8) is 0 Å². The zero-order valence-electron chi connectivity index (χ0n) is 56.0. The average molecular weight is 1140 g/mol. The van der Waals surface area contributed by atoms with Crippen LogP contribution in [0.15, 0.2) is 0 Å². The van der Waals surface area contributed by atoms with Crippen molar-refractivity contribution in [2.45, 2.75) is 215 Å². The number of β-amino-alcohol motifs (C(OH)–C–C–N with tert-alkyl or cyclic N) is 1. The van der Waals surface area contributed by atoms with Gasteiger partial charge in [-0.2, -0.15) is 0 Å². The fourth-order valence-corrected chi connectivity index (χ4v) is 10.8. The number of amides is 1. The second-order valence-corrected chi connectivity index (χ2v) is 26.9. The third-order valence-electron chi connectivity index (χ3n) is 17.9. The zero-order chi connectivity index (χ0) is 60.5. The standard InChI is InChI=1S/C13H27N3.C10H20N2O.C9H20N2O.C9H19NO.C8H18N2.C8H17NO.C6H15NO/c1-12(2)15-6-4-13(5-7-15)16-10-8-14(3)9-11-16;1-8(2)10(13)11-9-4-6-12(3)7-5-9;1-9(2)11-5-3-10(4-6-11)7-8-12;1-8(2)10-6-4-9(3,11)5-7-10;1-8(2)10-6-4-9(3)5-7-10;1-7(2)9-5-3-8(10)4-6-9;1-6(2)7(3)4-5-8/h12-13H,4-11H2,1-3H3;8-9H,4-7H2,1-3H3,(H,11,13);9,12H,3-8H2,1-2H3;8,11H,4-7H2,1-3H3;8H,4-7H2,1-3H3;7-8,10H,3-6H2,1-2H3;6,8H,4-5H2,1-3H3. The second kappa shape index (κ2) is 42.6. The predicted molar refractivity (Wildman–Crippen MR) is 340 cm³/mol. The van der Waals surface area contributed by atoms with Crippen molar-refractivity contribution in [3.05, 3.63) is 0 Å². The third-order valence-corrected chi connectivity index (χ3v) is 17.9. The summed E-state index contributed by atoms with van der Waals surface area (Å²) < 4.78 is 0. The van der Waals surface area contributed by atoms with Crippen molar-refractivity contribution in [2.24, 2.45) is 5.92 Å². The maximum Gasteiger partial charge on any atom is 0.222 e. The number of aliphatic hydroxyl groups is 4. The number of piperazine rings is 3. The number of piperidine rings is 4. The zero-order valence-corrected chi connectivity index (χ0v) is 56.0. The molecule has 5 N–H and O–H groups in total. The smallest absolute Gasteiger partial charge is 0.222 e. The van der Waals surface area contributed by atoms with E-state index in [4.69, 9.17) is 10.2 Å². The highest BCUT2D eigenvalue weighted by Crippen LogP contribution is 2.23.